The van der Waals surface area contributed by atoms with E-state index in [2.05, 4.69) is 33.8 Å². The van der Waals surface area contributed by atoms with Gasteiger partial charge in [-0.25, -0.2) is 9.97 Å². The number of carbonyl (C=O) groups is 1. The molecule has 0 spiro atoms. The molecule has 0 unspecified atom stereocenters. The Morgan fingerprint density at radius 3 is 2.81 bits per heavy atom. The molecular weight excluding hydrogens is 344 g/mol. The molecule has 6 heteroatoms. The lowest BCUT2D eigenvalue weighted by Crippen LogP contribution is -1.95. The van der Waals surface area contributed by atoms with E-state index in [1.165, 1.54) is 16.9 Å². The summed E-state index contributed by atoms with van der Waals surface area (Å²) in [5.74, 6) is 0.0464. The van der Waals surface area contributed by atoms with Crippen LogP contribution in [0.1, 0.15) is 28.5 Å². The van der Waals surface area contributed by atoms with Gasteiger partial charge in [0.1, 0.15) is 11.3 Å². The van der Waals surface area contributed by atoms with Crippen LogP contribution in [-0.4, -0.2) is 20.2 Å². The molecule has 3 aromatic heterocycles. The third-order valence-corrected chi connectivity index (χ3v) is 4.98. The second kappa shape index (κ2) is 6.38. The number of thiazole rings is 1. The quantitative estimate of drug-likeness (QED) is 0.518. The number of anilines is 2. The number of nitrogens with zero attached hydrogens (tertiary/aromatic N) is 3. The number of hydrogen-bond acceptors (Lipinski definition) is 5. The monoisotopic (exact) mass is 362 g/mol. The second-order valence-corrected chi connectivity index (χ2v) is 7.14. The van der Waals surface area contributed by atoms with Crippen molar-refractivity contribution in [3.8, 4) is 11.4 Å². The molecule has 0 aliphatic rings. The van der Waals surface area contributed by atoms with Crippen LogP contribution in [0.2, 0.25) is 0 Å². The highest BCUT2D eigenvalue weighted by atomic mass is 32.1. The summed E-state index contributed by atoms with van der Waals surface area (Å²) in [7, 11) is 0. The van der Waals surface area contributed by atoms with Gasteiger partial charge < -0.3 is 5.32 Å². The number of ketones is 1. The van der Waals surface area contributed by atoms with Gasteiger partial charge in [0.25, 0.3) is 0 Å². The summed E-state index contributed by atoms with van der Waals surface area (Å²) in [6, 6.07) is 11.6. The van der Waals surface area contributed by atoms with Crippen molar-refractivity contribution in [2.24, 2.45) is 0 Å². The third kappa shape index (κ3) is 2.99. The van der Waals surface area contributed by atoms with Crippen LogP contribution >= 0.6 is 11.3 Å². The zero-order valence-electron chi connectivity index (χ0n) is 14.8. The Bertz CT molecular complexity index is 1130. The molecule has 26 heavy (non-hydrogen) atoms. The standard InChI is InChI=1S/C20H18N4OS/c1-12-7-8-24-18(9-12)21-13(2)19(24)17-11-26-20(23-17)22-16-6-4-5-15(10-16)14(3)25/h4-11H,1-3H3,(H,22,23). The first-order valence-electron chi connectivity index (χ1n) is 8.30. The average molecular weight is 362 g/mol. The number of nitrogens with one attached hydrogen (secondary N) is 1. The molecule has 4 aromatic rings. The first-order chi connectivity index (χ1) is 12.5. The maximum atomic E-state index is 11.5. The van der Waals surface area contributed by atoms with Crippen LogP contribution in [0, 0.1) is 13.8 Å². The molecule has 4 rings (SSSR count). The van der Waals surface area contributed by atoms with E-state index in [1.807, 2.05) is 42.8 Å². The summed E-state index contributed by atoms with van der Waals surface area (Å²) in [5.41, 5.74) is 6.47. The van der Waals surface area contributed by atoms with Crippen LogP contribution in [0.25, 0.3) is 17.0 Å². The molecule has 0 amide bonds. The Hall–Kier alpha value is -2.99. The Morgan fingerprint density at radius 2 is 2.00 bits per heavy atom. The minimum absolute atomic E-state index is 0.0464. The molecule has 0 radical (unpaired) electrons. The molecule has 0 aliphatic heterocycles. The van der Waals surface area contributed by atoms with Crippen molar-refractivity contribution < 1.29 is 4.79 Å². The van der Waals surface area contributed by atoms with Gasteiger partial charge in [0, 0.05) is 22.8 Å². The summed E-state index contributed by atoms with van der Waals surface area (Å²) in [6.07, 6.45) is 2.03. The molecule has 0 fully saturated rings. The Labute approximate surface area is 155 Å². The topological polar surface area (TPSA) is 59.3 Å². The average Bonchev–Trinajstić information content (AvgIpc) is 3.17. The smallest absolute Gasteiger partial charge is 0.187 e. The van der Waals surface area contributed by atoms with Gasteiger partial charge in [0.05, 0.1) is 11.4 Å². The van der Waals surface area contributed by atoms with Crippen LogP contribution in [0.4, 0.5) is 10.8 Å². The molecule has 0 aliphatic carbocycles. The van der Waals surface area contributed by atoms with Crippen molar-refractivity contribution >= 4 is 33.6 Å². The van der Waals surface area contributed by atoms with Crippen LogP contribution in [0.5, 0.6) is 0 Å². The molecule has 5 nitrogen and oxygen atoms in total. The number of rotatable bonds is 4. The second-order valence-electron chi connectivity index (χ2n) is 6.28. The summed E-state index contributed by atoms with van der Waals surface area (Å²) >= 11 is 1.53. The van der Waals surface area contributed by atoms with Crippen LogP contribution in [0.3, 0.4) is 0 Å². The van der Waals surface area contributed by atoms with Crippen LogP contribution in [-0.2, 0) is 0 Å². The van der Waals surface area contributed by atoms with Gasteiger partial charge in [0.2, 0.25) is 0 Å². The van der Waals surface area contributed by atoms with E-state index in [0.29, 0.717) is 5.56 Å². The number of carbonyl (C=O) groups excluding carboxylic acids is 1. The van der Waals surface area contributed by atoms with Crippen LogP contribution < -0.4 is 5.32 Å². The molecule has 130 valence electrons. The van der Waals surface area contributed by atoms with Crippen molar-refractivity contribution in [1.29, 1.82) is 0 Å². The van der Waals surface area contributed by atoms with E-state index >= 15 is 0 Å². The molecule has 0 bridgehead atoms. The van der Waals surface area contributed by atoms with E-state index in [0.717, 1.165) is 33.5 Å². The first-order valence-corrected chi connectivity index (χ1v) is 9.18. The number of Topliss-reactive ketones (excluding diaryl/α,β-unsaturated/α-hetero) is 1. The van der Waals surface area contributed by atoms with Gasteiger partial charge in [-0.1, -0.05) is 12.1 Å². The minimum Gasteiger partial charge on any atom is -0.332 e. The fourth-order valence-electron chi connectivity index (χ4n) is 2.95. The Kier molecular flexibility index (Phi) is 4.05. The number of imidazole rings is 1. The fraction of sp³-hybridized carbons (Fsp3) is 0.150. The number of fused-ring (bicyclic) bond motifs is 1. The summed E-state index contributed by atoms with van der Waals surface area (Å²) in [4.78, 5) is 20.9. The van der Waals surface area contributed by atoms with Crippen molar-refractivity contribution in [3.63, 3.8) is 0 Å². The Balaban J connectivity index is 1.68. The van der Waals surface area contributed by atoms with Crippen molar-refractivity contribution in [2.45, 2.75) is 20.8 Å². The lowest BCUT2D eigenvalue weighted by Gasteiger charge is -2.04. The van der Waals surface area contributed by atoms with Crippen LogP contribution in [0.15, 0.2) is 48.0 Å². The molecule has 3 heterocycles. The SMILES string of the molecule is CC(=O)c1cccc(Nc2nc(-c3c(C)nc4cc(C)ccn34)cs2)c1. The highest BCUT2D eigenvalue weighted by Crippen LogP contribution is 2.30. The van der Waals surface area contributed by atoms with E-state index in [1.54, 1.807) is 6.92 Å². The molecule has 0 saturated carbocycles. The van der Waals surface area contributed by atoms with E-state index in [-0.39, 0.29) is 5.78 Å². The first kappa shape index (κ1) is 16.5. The molecule has 0 atom stereocenters. The van der Waals surface area contributed by atoms with Crippen molar-refractivity contribution in [1.82, 2.24) is 14.4 Å². The predicted molar refractivity (Wildman–Crippen MR) is 106 cm³/mol. The predicted octanol–water partition coefficient (Wildman–Crippen LogP) is 5.02. The normalized spacial score (nSPS) is 11.0. The van der Waals surface area contributed by atoms with Gasteiger partial charge in [-0.2, -0.15) is 0 Å². The highest BCUT2D eigenvalue weighted by molar-refractivity contribution is 7.14. The fourth-order valence-corrected chi connectivity index (χ4v) is 3.67. The van der Waals surface area contributed by atoms with E-state index < -0.39 is 0 Å². The maximum absolute atomic E-state index is 11.5. The lowest BCUT2D eigenvalue weighted by atomic mass is 10.1. The number of aromatic nitrogens is 3. The zero-order valence-corrected chi connectivity index (χ0v) is 15.6. The third-order valence-electron chi connectivity index (χ3n) is 4.22. The summed E-state index contributed by atoms with van der Waals surface area (Å²) < 4.78 is 2.07. The minimum atomic E-state index is 0.0464. The number of aryl methyl sites for hydroxylation is 2. The van der Waals surface area contributed by atoms with E-state index in [9.17, 15) is 4.79 Å². The Morgan fingerprint density at radius 1 is 1.15 bits per heavy atom. The van der Waals surface area contributed by atoms with Gasteiger partial charge in [-0.15, -0.1) is 11.3 Å². The summed E-state index contributed by atoms with van der Waals surface area (Å²) in [5, 5.41) is 6.08. The zero-order chi connectivity index (χ0) is 18.3. The summed E-state index contributed by atoms with van der Waals surface area (Å²) in [6.45, 7) is 5.63. The van der Waals surface area contributed by atoms with Crippen molar-refractivity contribution in [2.75, 3.05) is 5.32 Å². The highest BCUT2D eigenvalue weighted by Gasteiger charge is 2.14. The number of pyridine rings is 1. The number of benzene rings is 1. The molecule has 1 aromatic carbocycles. The molecular formula is C20H18N4OS. The van der Waals surface area contributed by atoms with E-state index in [4.69, 9.17) is 4.98 Å². The van der Waals surface area contributed by atoms with Gasteiger partial charge >= 0.3 is 0 Å². The molecule has 0 saturated heterocycles. The van der Waals surface area contributed by atoms with Gasteiger partial charge in [-0.05, 0) is 50.6 Å². The number of hydrogen-bond donors (Lipinski definition) is 1. The lowest BCUT2D eigenvalue weighted by molar-refractivity contribution is 0.101. The van der Waals surface area contributed by atoms with Gasteiger partial charge in [0.15, 0.2) is 10.9 Å². The molecule has 1 N–H and O–H groups in total. The van der Waals surface area contributed by atoms with Gasteiger partial charge in [-0.3, -0.25) is 9.20 Å². The van der Waals surface area contributed by atoms with Crippen molar-refractivity contribution in [3.05, 3.63) is 64.8 Å². The largest absolute Gasteiger partial charge is 0.332 e. The maximum Gasteiger partial charge on any atom is 0.187 e.